The molecule has 8 heteroatoms. The average molecular weight is 237 g/mol. The molecule has 0 radical (unpaired) electrons. The number of hydrogen-bond donors (Lipinski definition) is 2. The minimum atomic E-state index is -1.31. The van der Waals surface area contributed by atoms with E-state index < -0.39 is 24.1 Å². The Hall–Kier alpha value is -1.93. The van der Waals surface area contributed by atoms with Gasteiger partial charge < -0.3 is 14.8 Å². The van der Waals surface area contributed by atoms with Crippen LogP contribution in [-0.2, 0) is 9.45 Å². The number of fused-ring (bicyclic) bond motifs is 1. The number of aliphatic carboxylic acids is 1. The molecule has 1 aromatic rings. The van der Waals surface area contributed by atoms with Gasteiger partial charge >= 0.3 is 13.1 Å². The van der Waals surface area contributed by atoms with Gasteiger partial charge in [-0.15, -0.1) is 0 Å². The predicted octanol–water partition coefficient (Wildman–Crippen LogP) is -0.172. The number of carbonyl (C=O) groups is 1. The third kappa shape index (κ3) is 2.13. The van der Waals surface area contributed by atoms with Crippen LogP contribution in [0.25, 0.3) is 0 Å². The Kier molecular flexibility index (Phi) is 2.82. The van der Waals surface area contributed by atoms with Crippen molar-refractivity contribution in [3.8, 4) is 0 Å². The first-order valence-corrected chi connectivity index (χ1v) is 4.82. The van der Waals surface area contributed by atoms with Crippen LogP contribution in [-0.4, -0.2) is 28.1 Å². The number of nitro benzene ring substituents is 1. The van der Waals surface area contributed by atoms with Crippen molar-refractivity contribution >= 4 is 24.2 Å². The zero-order chi connectivity index (χ0) is 12.6. The molecule has 1 aromatic carbocycles. The van der Waals surface area contributed by atoms with Crippen LogP contribution in [0.15, 0.2) is 18.2 Å². The van der Waals surface area contributed by atoms with Crippen LogP contribution in [0.4, 0.5) is 5.69 Å². The van der Waals surface area contributed by atoms with Crippen LogP contribution in [0.1, 0.15) is 18.1 Å². The molecule has 88 valence electrons. The highest BCUT2D eigenvalue weighted by Crippen LogP contribution is 2.28. The fourth-order valence-electron chi connectivity index (χ4n) is 1.80. The number of carboxylic acids is 1. The zero-order valence-electron chi connectivity index (χ0n) is 8.57. The number of carboxylic acid groups (broad SMARTS) is 1. The number of nitrogens with zero attached hydrogens (tertiary/aromatic N) is 1. The van der Waals surface area contributed by atoms with Crippen molar-refractivity contribution in [2.45, 2.75) is 12.5 Å². The summed E-state index contributed by atoms with van der Waals surface area (Å²) in [6.45, 7) is 0. The Labute approximate surface area is 95.9 Å². The van der Waals surface area contributed by atoms with Gasteiger partial charge in [0.2, 0.25) is 0 Å². The lowest BCUT2D eigenvalue weighted by Crippen LogP contribution is -2.28. The summed E-state index contributed by atoms with van der Waals surface area (Å²) in [4.78, 5) is 20.5. The Morgan fingerprint density at radius 1 is 1.59 bits per heavy atom. The van der Waals surface area contributed by atoms with E-state index in [9.17, 15) is 19.9 Å². The van der Waals surface area contributed by atoms with Crippen LogP contribution in [0, 0.1) is 10.1 Å². The fraction of sp³-hybridized carbons (Fsp3) is 0.222. The smallest absolute Gasteiger partial charge is 0.481 e. The molecule has 0 saturated heterocycles. The highest BCUT2D eigenvalue weighted by Gasteiger charge is 2.37. The van der Waals surface area contributed by atoms with E-state index in [0.717, 1.165) is 0 Å². The molecule has 0 aliphatic carbocycles. The quantitative estimate of drug-likeness (QED) is 0.429. The molecule has 1 aliphatic rings. The van der Waals surface area contributed by atoms with E-state index in [1.165, 1.54) is 18.2 Å². The molecule has 0 bridgehead atoms. The van der Waals surface area contributed by atoms with Crippen LogP contribution in [0.3, 0.4) is 0 Å². The lowest BCUT2D eigenvalue weighted by Gasteiger charge is -2.08. The Bertz CT molecular complexity index is 490. The summed E-state index contributed by atoms with van der Waals surface area (Å²) in [7, 11) is -1.31. The zero-order valence-corrected chi connectivity index (χ0v) is 8.57. The topological polar surface area (TPSA) is 110 Å². The molecule has 0 saturated carbocycles. The summed E-state index contributed by atoms with van der Waals surface area (Å²) in [5.41, 5.74) is 0.568. The molecule has 1 atom stereocenters. The Balaban J connectivity index is 2.36. The predicted molar refractivity (Wildman–Crippen MR) is 56.8 cm³/mol. The van der Waals surface area contributed by atoms with Gasteiger partial charge in [-0.1, -0.05) is 0 Å². The molecule has 0 spiro atoms. The van der Waals surface area contributed by atoms with E-state index in [1.807, 2.05) is 0 Å². The Morgan fingerprint density at radius 3 is 2.88 bits per heavy atom. The summed E-state index contributed by atoms with van der Waals surface area (Å²) in [6.07, 6.45) is -1.06. The third-order valence-electron chi connectivity index (χ3n) is 2.55. The van der Waals surface area contributed by atoms with Crippen LogP contribution in [0.2, 0.25) is 0 Å². The lowest BCUT2D eigenvalue weighted by molar-refractivity contribution is -0.384. The van der Waals surface area contributed by atoms with Crippen LogP contribution >= 0.6 is 0 Å². The molecule has 7 nitrogen and oxygen atoms in total. The van der Waals surface area contributed by atoms with E-state index in [2.05, 4.69) is 0 Å². The van der Waals surface area contributed by atoms with Crippen molar-refractivity contribution in [2.24, 2.45) is 0 Å². The van der Waals surface area contributed by atoms with Gasteiger partial charge in [-0.05, 0) is 17.1 Å². The molecule has 0 aromatic heterocycles. The molecule has 17 heavy (non-hydrogen) atoms. The second-order valence-corrected chi connectivity index (χ2v) is 3.65. The molecule has 0 amide bonds. The summed E-state index contributed by atoms with van der Waals surface area (Å²) < 4.78 is 5.03. The highest BCUT2D eigenvalue weighted by atomic mass is 16.6. The monoisotopic (exact) mass is 237 g/mol. The number of nitro groups is 1. The SMILES string of the molecule is O=C(O)CC1OB(O)c2cc([N+](=O)[O-])ccc21. The summed E-state index contributed by atoms with van der Waals surface area (Å²) in [5, 5.41) is 28.7. The van der Waals surface area contributed by atoms with Crippen molar-refractivity contribution in [3.63, 3.8) is 0 Å². The number of non-ortho nitro benzene ring substituents is 1. The van der Waals surface area contributed by atoms with Gasteiger partial charge in [0.05, 0.1) is 17.4 Å². The van der Waals surface area contributed by atoms with Gasteiger partial charge in [0.25, 0.3) is 5.69 Å². The maximum absolute atomic E-state index is 10.6. The lowest BCUT2D eigenvalue weighted by atomic mass is 9.79. The summed E-state index contributed by atoms with van der Waals surface area (Å²) in [6, 6.07) is 3.87. The van der Waals surface area contributed by atoms with Crippen molar-refractivity contribution in [3.05, 3.63) is 33.9 Å². The van der Waals surface area contributed by atoms with Crippen molar-refractivity contribution < 1.29 is 24.5 Å². The third-order valence-corrected chi connectivity index (χ3v) is 2.55. The first-order chi connectivity index (χ1) is 7.99. The number of benzene rings is 1. The first kappa shape index (κ1) is 11.6. The molecule has 2 rings (SSSR count). The highest BCUT2D eigenvalue weighted by molar-refractivity contribution is 6.61. The second kappa shape index (κ2) is 4.15. The molecule has 1 heterocycles. The van der Waals surface area contributed by atoms with Gasteiger partial charge in [-0.2, -0.15) is 0 Å². The molecular weight excluding hydrogens is 229 g/mol. The maximum atomic E-state index is 10.6. The van der Waals surface area contributed by atoms with Crippen LogP contribution < -0.4 is 5.46 Å². The maximum Gasteiger partial charge on any atom is 0.492 e. The van der Waals surface area contributed by atoms with Crippen LogP contribution in [0.5, 0.6) is 0 Å². The summed E-state index contributed by atoms with van der Waals surface area (Å²) in [5.74, 6) is -1.06. The van der Waals surface area contributed by atoms with E-state index >= 15 is 0 Å². The summed E-state index contributed by atoms with van der Waals surface area (Å²) >= 11 is 0. The van der Waals surface area contributed by atoms with Gasteiger partial charge in [0.1, 0.15) is 0 Å². The average Bonchev–Trinajstić information content (AvgIpc) is 2.54. The van der Waals surface area contributed by atoms with E-state index in [1.54, 1.807) is 0 Å². The van der Waals surface area contributed by atoms with Gasteiger partial charge in [-0.3, -0.25) is 14.9 Å². The van der Waals surface area contributed by atoms with Gasteiger partial charge in [0.15, 0.2) is 0 Å². The minimum Gasteiger partial charge on any atom is -0.481 e. The molecule has 2 N–H and O–H groups in total. The minimum absolute atomic E-state index is 0.164. The normalized spacial score (nSPS) is 17.9. The van der Waals surface area contributed by atoms with E-state index in [-0.39, 0.29) is 17.6 Å². The van der Waals surface area contributed by atoms with E-state index in [4.69, 9.17) is 9.76 Å². The van der Waals surface area contributed by atoms with Crippen molar-refractivity contribution in [1.82, 2.24) is 0 Å². The van der Waals surface area contributed by atoms with Gasteiger partial charge in [0, 0.05) is 12.1 Å². The number of rotatable bonds is 3. The molecule has 1 aliphatic heterocycles. The largest absolute Gasteiger partial charge is 0.492 e. The van der Waals surface area contributed by atoms with E-state index in [0.29, 0.717) is 5.56 Å². The first-order valence-electron chi connectivity index (χ1n) is 4.82. The Morgan fingerprint density at radius 2 is 2.29 bits per heavy atom. The molecular formula is C9H8BNO6. The molecule has 0 fully saturated rings. The van der Waals surface area contributed by atoms with Crippen molar-refractivity contribution in [2.75, 3.05) is 0 Å². The van der Waals surface area contributed by atoms with Crippen molar-refractivity contribution in [1.29, 1.82) is 0 Å². The standard InChI is InChI=1S/C9H8BNO6/c12-9(13)4-8-6-2-1-5(11(15)16)3-7(6)10(14)17-8/h1-3,8,14H,4H2,(H,12,13). The van der Waals surface area contributed by atoms with Gasteiger partial charge in [-0.25, -0.2) is 0 Å². The fourth-order valence-corrected chi connectivity index (χ4v) is 1.80. The molecule has 1 unspecified atom stereocenters. The number of hydrogen-bond acceptors (Lipinski definition) is 5. The second-order valence-electron chi connectivity index (χ2n) is 3.65.